The maximum absolute atomic E-state index is 13.0. The molecule has 0 saturated carbocycles. The highest BCUT2D eigenvalue weighted by molar-refractivity contribution is 6.31. The van der Waals surface area contributed by atoms with Crippen LogP contribution in [0.1, 0.15) is 5.56 Å². The van der Waals surface area contributed by atoms with Crippen molar-refractivity contribution in [1.29, 1.82) is 0 Å². The van der Waals surface area contributed by atoms with Crippen molar-refractivity contribution in [2.75, 3.05) is 0 Å². The molecule has 0 spiro atoms. The molecule has 0 amide bonds. The van der Waals surface area contributed by atoms with Crippen LogP contribution in [0.5, 0.6) is 11.6 Å². The van der Waals surface area contributed by atoms with Crippen LogP contribution in [-0.4, -0.2) is 9.97 Å². The van der Waals surface area contributed by atoms with Gasteiger partial charge in [-0.1, -0.05) is 11.6 Å². The van der Waals surface area contributed by atoms with Crippen LogP contribution in [0.15, 0.2) is 24.5 Å². The van der Waals surface area contributed by atoms with Crippen molar-refractivity contribution in [1.82, 2.24) is 9.97 Å². The standard InChI is InChI=1S/C11H6Cl2F2N2O/c12-4-7-10(13)16-5-17-11(7)18-6-1-2-8(14)9(15)3-6/h1-3,5H,4H2. The van der Waals surface area contributed by atoms with E-state index in [1.807, 2.05) is 0 Å². The van der Waals surface area contributed by atoms with Gasteiger partial charge in [0.05, 0.1) is 11.4 Å². The topological polar surface area (TPSA) is 35.0 Å². The fourth-order valence-corrected chi connectivity index (χ4v) is 1.73. The smallest absolute Gasteiger partial charge is 0.228 e. The molecule has 94 valence electrons. The first-order valence-electron chi connectivity index (χ1n) is 4.80. The van der Waals surface area contributed by atoms with E-state index in [-0.39, 0.29) is 22.7 Å². The number of hydrogen-bond donors (Lipinski definition) is 0. The van der Waals surface area contributed by atoms with Crippen molar-refractivity contribution in [2.24, 2.45) is 0 Å². The van der Waals surface area contributed by atoms with E-state index in [2.05, 4.69) is 9.97 Å². The predicted octanol–water partition coefficient (Wildman–Crippen LogP) is 3.94. The summed E-state index contributed by atoms with van der Waals surface area (Å²) in [6.45, 7) is 0. The van der Waals surface area contributed by atoms with Crippen molar-refractivity contribution in [3.05, 3.63) is 46.9 Å². The van der Waals surface area contributed by atoms with Crippen molar-refractivity contribution in [3.8, 4) is 11.6 Å². The maximum atomic E-state index is 13.0. The van der Waals surface area contributed by atoms with Gasteiger partial charge in [0.15, 0.2) is 11.6 Å². The molecule has 0 unspecified atom stereocenters. The molecule has 2 rings (SSSR count). The second kappa shape index (κ2) is 5.46. The fourth-order valence-electron chi connectivity index (χ4n) is 1.23. The Morgan fingerprint density at radius 3 is 2.61 bits per heavy atom. The highest BCUT2D eigenvalue weighted by Crippen LogP contribution is 2.28. The monoisotopic (exact) mass is 290 g/mol. The van der Waals surface area contributed by atoms with Gasteiger partial charge in [-0.2, -0.15) is 0 Å². The Morgan fingerprint density at radius 1 is 1.17 bits per heavy atom. The number of rotatable bonds is 3. The third-order valence-electron chi connectivity index (χ3n) is 2.09. The van der Waals surface area contributed by atoms with E-state index < -0.39 is 11.6 Å². The Balaban J connectivity index is 2.34. The molecule has 18 heavy (non-hydrogen) atoms. The van der Waals surface area contributed by atoms with Gasteiger partial charge in [0.1, 0.15) is 17.2 Å². The van der Waals surface area contributed by atoms with Gasteiger partial charge < -0.3 is 4.74 Å². The lowest BCUT2D eigenvalue weighted by molar-refractivity contribution is 0.443. The molecule has 0 radical (unpaired) electrons. The average molecular weight is 291 g/mol. The van der Waals surface area contributed by atoms with Crippen LogP contribution in [0.3, 0.4) is 0 Å². The molecule has 0 bridgehead atoms. The summed E-state index contributed by atoms with van der Waals surface area (Å²) in [7, 11) is 0. The zero-order chi connectivity index (χ0) is 13.1. The third kappa shape index (κ3) is 2.68. The maximum Gasteiger partial charge on any atom is 0.228 e. The van der Waals surface area contributed by atoms with Gasteiger partial charge in [-0.15, -0.1) is 11.6 Å². The van der Waals surface area contributed by atoms with Gasteiger partial charge in [-0.3, -0.25) is 0 Å². The zero-order valence-corrected chi connectivity index (χ0v) is 10.3. The number of benzene rings is 1. The summed E-state index contributed by atoms with van der Waals surface area (Å²) in [5, 5.41) is 0.151. The lowest BCUT2D eigenvalue weighted by Crippen LogP contribution is -1.96. The highest BCUT2D eigenvalue weighted by atomic mass is 35.5. The zero-order valence-electron chi connectivity index (χ0n) is 8.83. The molecular formula is C11H6Cl2F2N2O. The first-order chi connectivity index (χ1) is 8.61. The van der Waals surface area contributed by atoms with E-state index in [9.17, 15) is 8.78 Å². The minimum absolute atomic E-state index is 0.0404. The van der Waals surface area contributed by atoms with Gasteiger partial charge >= 0.3 is 0 Å². The molecule has 7 heteroatoms. The lowest BCUT2D eigenvalue weighted by atomic mass is 10.3. The largest absolute Gasteiger partial charge is 0.438 e. The molecule has 1 heterocycles. The number of ether oxygens (including phenoxy) is 1. The highest BCUT2D eigenvalue weighted by Gasteiger charge is 2.12. The van der Waals surface area contributed by atoms with E-state index in [0.717, 1.165) is 12.1 Å². The van der Waals surface area contributed by atoms with E-state index in [4.69, 9.17) is 27.9 Å². The van der Waals surface area contributed by atoms with E-state index in [1.165, 1.54) is 12.4 Å². The van der Waals surface area contributed by atoms with Crippen molar-refractivity contribution >= 4 is 23.2 Å². The summed E-state index contributed by atoms with van der Waals surface area (Å²) in [5.74, 6) is -1.73. The van der Waals surface area contributed by atoms with Crippen LogP contribution >= 0.6 is 23.2 Å². The molecule has 0 fully saturated rings. The van der Waals surface area contributed by atoms with Crippen LogP contribution in [0, 0.1) is 11.6 Å². The molecule has 1 aromatic carbocycles. The molecule has 0 N–H and O–H groups in total. The van der Waals surface area contributed by atoms with Crippen LogP contribution in [-0.2, 0) is 5.88 Å². The molecule has 0 aliphatic carbocycles. The van der Waals surface area contributed by atoms with Gasteiger partial charge in [0, 0.05) is 6.07 Å². The van der Waals surface area contributed by atoms with Crippen molar-refractivity contribution in [3.63, 3.8) is 0 Å². The van der Waals surface area contributed by atoms with E-state index in [1.54, 1.807) is 0 Å². The Bertz CT molecular complexity index is 581. The summed E-state index contributed by atoms with van der Waals surface area (Å²) in [4.78, 5) is 7.58. The lowest BCUT2D eigenvalue weighted by Gasteiger charge is -2.08. The van der Waals surface area contributed by atoms with Crippen LogP contribution < -0.4 is 4.74 Å². The number of alkyl halides is 1. The second-order valence-corrected chi connectivity index (χ2v) is 3.89. The van der Waals surface area contributed by atoms with Crippen LogP contribution in [0.25, 0.3) is 0 Å². The van der Waals surface area contributed by atoms with Crippen molar-refractivity contribution in [2.45, 2.75) is 5.88 Å². The van der Waals surface area contributed by atoms with E-state index in [0.29, 0.717) is 5.56 Å². The molecule has 2 aromatic rings. The number of nitrogens with zero attached hydrogens (tertiary/aromatic N) is 2. The van der Waals surface area contributed by atoms with Gasteiger partial charge in [0.25, 0.3) is 0 Å². The summed E-state index contributed by atoms with van der Waals surface area (Å²) in [6.07, 6.45) is 1.19. The Hall–Kier alpha value is -1.46. The second-order valence-electron chi connectivity index (χ2n) is 3.26. The van der Waals surface area contributed by atoms with Gasteiger partial charge in [0.2, 0.25) is 5.88 Å². The summed E-state index contributed by atoms with van der Waals surface area (Å²) in [5.41, 5.74) is 0.380. The Labute approximate surface area is 111 Å². The Kier molecular flexibility index (Phi) is 3.93. The minimum atomic E-state index is -1.01. The molecule has 3 nitrogen and oxygen atoms in total. The minimum Gasteiger partial charge on any atom is -0.438 e. The molecule has 1 aromatic heterocycles. The average Bonchev–Trinajstić information content (AvgIpc) is 2.34. The fraction of sp³-hybridized carbons (Fsp3) is 0.0909. The summed E-state index contributed by atoms with van der Waals surface area (Å²) in [6, 6.07) is 3.13. The van der Waals surface area contributed by atoms with Crippen molar-refractivity contribution < 1.29 is 13.5 Å². The first-order valence-corrected chi connectivity index (χ1v) is 5.71. The molecular weight excluding hydrogens is 285 g/mol. The quantitative estimate of drug-likeness (QED) is 0.634. The molecule has 0 aliphatic rings. The number of halogens is 4. The SMILES string of the molecule is Fc1ccc(Oc2ncnc(Cl)c2CCl)cc1F. The first kappa shape index (κ1) is 13.0. The molecule has 0 aliphatic heterocycles. The van der Waals surface area contributed by atoms with Gasteiger partial charge in [-0.05, 0) is 12.1 Å². The number of aromatic nitrogens is 2. The molecule has 0 saturated heterocycles. The third-order valence-corrected chi connectivity index (χ3v) is 2.69. The summed E-state index contributed by atoms with van der Waals surface area (Å²) >= 11 is 11.5. The summed E-state index contributed by atoms with van der Waals surface area (Å²) < 4.78 is 31.0. The molecule has 0 atom stereocenters. The van der Waals surface area contributed by atoms with Crippen LogP contribution in [0.2, 0.25) is 5.15 Å². The van der Waals surface area contributed by atoms with E-state index >= 15 is 0 Å². The predicted molar refractivity (Wildman–Crippen MR) is 63.0 cm³/mol. The normalized spacial score (nSPS) is 10.4. The van der Waals surface area contributed by atoms with Gasteiger partial charge in [-0.25, -0.2) is 18.7 Å². The van der Waals surface area contributed by atoms with Crippen LogP contribution in [0.4, 0.5) is 8.78 Å². The Morgan fingerprint density at radius 2 is 1.94 bits per heavy atom. The number of hydrogen-bond acceptors (Lipinski definition) is 3.